The molecule has 1 aromatic rings. The molecule has 0 aliphatic heterocycles. The van der Waals surface area contributed by atoms with Crippen molar-refractivity contribution < 1.29 is 15.0 Å². The highest BCUT2D eigenvalue weighted by atomic mass is 79.9. The second kappa shape index (κ2) is 5.32. The Morgan fingerprint density at radius 3 is 2.69 bits per heavy atom. The molecular formula is C11H14BrNO3. The van der Waals surface area contributed by atoms with E-state index in [0.717, 1.165) is 6.42 Å². The van der Waals surface area contributed by atoms with Crippen molar-refractivity contribution >= 4 is 21.9 Å². The molecule has 0 spiro atoms. The molecule has 0 amide bonds. The van der Waals surface area contributed by atoms with E-state index in [1.807, 2.05) is 6.92 Å². The molecule has 1 aromatic carbocycles. The molecule has 5 heteroatoms. The first-order valence-electron chi connectivity index (χ1n) is 4.99. The van der Waals surface area contributed by atoms with Crippen LogP contribution in [0.5, 0.6) is 5.75 Å². The molecule has 0 heterocycles. The van der Waals surface area contributed by atoms with E-state index in [9.17, 15) is 9.90 Å². The van der Waals surface area contributed by atoms with E-state index in [4.69, 9.17) is 10.8 Å². The van der Waals surface area contributed by atoms with E-state index in [1.54, 1.807) is 0 Å². The summed E-state index contributed by atoms with van der Waals surface area (Å²) in [5.74, 6) is -1.16. The lowest BCUT2D eigenvalue weighted by molar-refractivity contribution is 0.0694. The van der Waals surface area contributed by atoms with Gasteiger partial charge in [-0.05, 0) is 34.5 Å². The maximum absolute atomic E-state index is 11.0. The zero-order valence-electron chi connectivity index (χ0n) is 8.90. The molecule has 0 unspecified atom stereocenters. The van der Waals surface area contributed by atoms with Gasteiger partial charge in [0.15, 0.2) is 0 Å². The minimum absolute atomic E-state index is 0.0571. The van der Waals surface area contributed by atoms with Crippen molar-refractivity contribution in [2.24, 2.45) is 5.73 Å². The zero-order chi connectivity index (χ0) is 12.3. The van der Waals surface area contributed by atoms with Crippen LogP contribution in [0.3, 0.4) is 0 Å². The largest absolute Gasteiger partial charge is 0.506 e. The van der Waals surface area contributed by atoms with Gasteiger partial charge in [-0.2, -0.15) is 0 Å². The van der Waals surface area contributed by atoms with Gasteiger partial charge in [0.05, 0.1) is 10.0 Å². The number of carboxylic acids is 1. The van der Waals surface area contributed by atoms with E-state index >= 15 is 0 Å². The quantitative estimate of drug-likeness (QED) is 0.795. The third-order valence-corrected chi connectivity index (χ3v) is 3.01. The van der Waals surface area contributed by atoms with Crippen molar-refractivity contribution in [3.8, 4) is 5.75 Å². The normalized spacial score (nSPS) is 12.4. The lowest BCUT2D eigenvalue weighted by Crippen LogP contribution is -2.15. The van der Waals surface area contributed by atoms with Crippen LogP contribution in [0.25, 0.3) is 0 Å². The highest BCUT2D eigenvalue weighted by Crippen LogP contribution is 2.35. The summed E-state index contributed by atoms with van der Waals surface area (Å²) in [5, 5.41) is 18.9. The van der Waals surface area contributed by atoms with Crippen molar-refractivity contribution in [3.05, 3.63) is 27.7 Å². The van der Waals surface area contributed by atoms with Crippen LogP contribution in [0.2, 0.25) is 0 Å². The Morgan fingerprint density at radius 1 is 1.56 bits per heavy atom. The first-order valence-corrected chi connectivity index (χ1v) is 5.78. The Bertz CT molecular complexity index is 406. The molecule has 1 rings (SSSR count). The Hall–Kier alpha value is -1.07. The van der Waals surface area contributed by atoms with Crippen molar-refractivity contribution in [1.82, 2.24) is 0 Å². The van der Waals surface area contributed by atoms with Gasteiger partial charge >= 0.3 is 5.97 Å². The van der Waals surface area contributed by atoms with Gasteiger partial charge in [0, 0.05) is 11.6 Å². The number of rotatable bonds is 4. The number of carbonyl (C=O) groups is 1. The summed E-state index contributed by atoms with van der Waals surface area (Å²) < 4.78 is 0.457. The van der Waals surface area contributed by atoms with E-state index in [1.165, 1.54) is 12.1 Å². The first kappa shape index (κ1) is 13.0. The molecule has 4 N–H and O–H groups in total. The number of nitrogens with two attached hydrogens (primary N) is 1. The second-order valence-electron chi connectivity index (χ2n) is 3.56. The van der Waals surface area contributed by atoms with Gasteiger partial charge in [-0.25, -0.2) is 4.79 Å². The maximum atomic E-state index is 11.0. The number of benzene rings is 1. The van der Waals surface area contributed by atoms with Crippen LogP contribution < -0.4 is 5.73 Å². The van der Waals surface area contributed by atoms with E-state index < -0.39 is 12.0 Å². The summed E-state index contributed by atoms with van der Waals surface area (Å²) in [6.45, 7) is 1.95. The van der Waals surface area contributed by atoms with Crippen LogP contribution in [0, 0.1) is 0 Å². The number of hydrogen-bond donors (Lipinski definition) is 3. The number of hydrogen-bond acceptors (Lipinski definition) is 3. The fourth-order valence-corrected chi connectivity index (χ4v) is 1.94. The minimum Gasteiger partial charge on any atom is -0.506 e. The number of phenolic OH excluding ortho intramolecular Hbond substituents is 1. The SMILES string of the molecule is CCC[C@H](N)c1c(C(=O)O)ccc(Br)c1O. The minimum atomic E-state index is -1.08. The lowest BCUT2D eigenvalue weighted by atomic mass is 9.96. The topological polar surface area (TPSA) is 83.6 Å². The van der Waals surface area contributed by atoms with Gasteiger partial charge in [0.2, 0.25) is 0 Å². The zero-order valence-corrected chi connectivity index (χ0v) is 10.5. The molecule has 1 atom stereocenters. The summed E-state index contributed by atoms with van der Waals surface area (Å²) in [6.07, 6.45) is 1.45. The van der Waals surface area contributed by atoms with E-state index in [0.29, 0.717) is 16.5 Å². The monoisotopic (exact) mass is 287 g/mol. The van der Waals surface area contributed by atoms with Crippen LogP contribution in [-0.2, 0) is 0 Å². The molecule has 16 heavy (non-hydrogen) atoms. The highest BCUT2D eigenvalue weighted by molar-refractivity contribution is 9.10. The van der Waals surface area contributed by atoms with E-state index in [2.05, 4.69) is 15.9 Å². The van der Waals surface area contributed by atoms with Crippen molar-refractivity contribution in [2.45, 2.75) is 25.8 Å². The third-order valence-electron chi connectivity index (χ3n) is 2.37. The molecule has 4 nitrogen and oxygen atoms in total. The molecule has 0 saturated carbocycles. The summed E-state index contributed by atoms with van der Waals surface area (Å²) in [5.41, 5.74) is 6.22. The van der Waals surface area contributed by atoms with Gasteiger partial charge in [0.1, 0.15) is 5.75 Å². The van der Waals surface area contributed by atoms with Crippen molar-refractivity contribution in [1.29, 1.82) is 0 Å². The van der Waals surface area contributed by atoms with Gasteiger partial charge in [-0.3, -0.25) is 0 Å². The fourth-order valence-electron chi connectivity index (χ4n) is 1.60. The van der Waals surface area contributed by atoms with Gasteiger partial charge in [-0.15, -0.1) is 0 Å². The average molecular weight is 288 g/mol. The van der Waals surface area contributed by atoms with E-state index in [-0.39, 0.29) is 11.3 Å². The number of aromatic hydroxyl groups is 1. The fraction of sp³-hybridized carbons (Fsp3) is 0.364. The molecule has 0 saturated heterocycles. The number of carboxylic acid groups (broad SMARTS) is 1. The lowest BCUT2D eigenvalue weighted by Gasteiger charge is -2.16. The molecule has 0 aliphatic rings. The smallest absolute Gasteiger partial charge is 0.336 e. The molecule has 0 aliphatic carbocycles. The summed E-state index contributed by atoms with van der Waals surface area (Å²) in [4.78, 5) is 11.0. The standard InChI is InChI=1S/C11H14BrNO3/c1-2-3-8(13)9-6(11(15)16)4-5-7(12)10(9)14/h4-5,8,14H,2-3,13H2,1H3,(H,15,16)/t8-/m0/s1. The first-order chi connectivity index (χ1) is 7.49. The van der Waals surface area contributed by atoms with Crippen LogP contribution in [0.4, 0.5) is 0 Å². The highest BCUT2D eigenvalue weighted by Gasteiger charge is 2.21. The molecule has 0 aromatic heterocycles. The molecule has 0 radical (unpaired) electrons. The summed E-state index contributed by atoms with van der Waals surface area (Å²) >= 11 is 3.15. The average Bonchev–Trinajstić information content (AvgIpc) is 2.21. The molecular weight excluding hydrogens is 274 g/mol. The van der Waals surface area contributed by atoms with Gasteiger partial charge in [-0.1, -0.05) is 13.3 Å². The van der Waals surface area contributed by atoms with Crippen LogP contribution in [-0.4, -0.2) is 16.2 Å². The maximum Gasteiger partial charge on any atom is 0.336 e. The van der Waals surface area contributed by atoms with Gasteiger partial charge in [0.25, 0.3) is 0 Å². The molecule has 88 valence electrons. The van der Waals surface area contributed by atoms with Crippen LogP contribution in [0.1, 0.15) is 41.7 Å². The summed E-state index contributed by atoms with van der Waals surface area (Å²) in [7, 11) is 0. The van der Waals surface area contributed by atoms with Crippen LogP contribution in [0.15, 0.2) is 16.6 Å². The summed E-state index contributed by atoms with van der Waals surface area (Å²) in [6, 6.07) is 2.48. The third kappa shape index (κ3) is 2.54. The van der Waals surface area contributed by atoms with Crippen LogP contribution >= 0.6 is 15.9 Å². The Balaban J connectivity index is 3.31. The van der Waals surface area contributed by atoms with Gasteiger partial charge < -0.3 is 15.9 Å². The molecule has 0 bridgehead atoms. The Kier molecular flexibility index (Phi) is 4.32. The predicted molar refractivity (Wildman–Crippen MR) is 64.6 cm³/mol. The second-order valence-corrected chi connectivity index (χ2v) is 4.41. The van der Waals surface area contributed by atoms with Crippen molar-refractivity contribution in [3.63, 3.8) is 0 Å². The number of aromatic carboxylic acids is 1. The Labute approximate surface area is 102 Å². The predicted octanol–water partition coefficient (Wildman–Crippen LogP) is 2.65. The molecule has 0 fully saturated rings. The van der Waals surface area contributed by atoms with Crippen molar-refractivity contribution in [2.75, 3.05) is 0 Å². The Morgan fingerprint density at radius 2 is 2.19 bits per heavy atom. The number of phenols is 1. The number of halogens is 1.